The number of rotatable bonds is 13. The number of nitrogens with zero attached hydrogens (tertiary/aromatic N) is 1. The lowest BCUT2D eigenvalue weighted by molar-refractivity contribution is 0.0527. The standard InChI is InChI=1S/C27H36N2O6/c1-27(2,3)35-25(31)28-16-15-24(30)22-13-10-14-23(19-22)29(26(32)33)17-8-5-9-18-34-20-21-11-6-4-7-12-21/h4,6-7,10-14,19H,5,8-9,15-18,20H2,1-3H3,(H,28,31)(H,32,33). The van der Waals surface area contributed by atoms with Crippen LogP contribution in [0.15, 0.2) is 54.6 Å². The van der Waals surface area contributed by atoms with Crippen LogP contribution in [0.3, 0.4) is 0 Å². The van der Waals surface area contributed by atoms with E-state index in [4.69, 9.17) is 9.47 Å². The maximum absolute atomic E-state index is 12.5. The zero-order chi connectivity index (χ0) is 25.7. The van der Waals surface area contributed by atoms with E-state index in [9.17, 15) is 19.5 Å². The number of hydrogen-bond acceptors (Lipinski definition) is 5. The third-order valence-corrected chi connectivity index (χ3v) is 5.01. The van der Waals surface area contributed by atoms with Crippen molar-refractivity contribution in [1.82, 2.24) is 5.32 Å². The van der Waals surface area contributed by atoms with Crippen LogP contribution in [0.25, 0.3) is 0 Å². The van der Waals surface area contributed by atoms with E-state index in [2.05, 4.69) is 5.32 Å². The molecule has 2 N–H and O–H groups in total. The third kappa shape index (κ3) is 11.1. The molecule has 2 amide bonds. The van der Waals surface area contributed by atoms with Crippen molar-refractivity contribution >= 4 is 23.7 Å². The van der Waals surface area contributed by atoms with Crippen LogP contribution in [-0.2, 0) is 16.1 Å². The molecule has 0 aliphatic carbocycles. The fourth-order valence-corrected chi connectivity index (χ4v) is 3.33. The molecule has 2 rings (SSSR count). The average Bonchev–Trinajstić information content (AvgIpc) is 2.80. The van der Waals surface area contributed by atoms with E-state index < -0.39 is 17.8 Å². The maximum atomic E-state index is 12.5. The van der Waals surface area contributed by atoms with Crippen LogP contribution in [0.2, 0.25) is 0 Å². The number of carbonyl (C=O) groups is 3. The van der Waals surface area contributed by atoms with Crippen LogP contribution in [0, 0.1) is 0 Å². The first-order chi connectivity index (χ1) is 16.7. The number of benzene rings is 2. The highest BCUT2D eigenvalue weighted by molar-refractivity contribution is 5.98. The lowest BCUT2D eigenvalue weighted by Gasteiger charge is -2.20. The first-order valence-corrected chi connectivity index (χ1v) is 11.9. The summed E-state index contributed by atoms with van der Waals surface area (Å²) in [4.78, 5) is 37.3. The number of amides is 2. The van der Waals surface area contributed by atoms with E-state index in [1.54, 1.807) is 45.0 Å². The van der Waals surface area contributed by atoms with Crippen LogP contribution in [0.5, 0.6) is 0 Å². The van der Waals surface area contributed by atoms with Crippen molar-refractivity contribution in [1.29, 1.82) is 0 Å². The monoisotopic (exact) mass is 484 g/mol. The van der Waals surface area contributed by atoms with Crippen molar-refractivity contribution in [3.63, 3.8) is 0 Å². The molecule has 0 saturated carbocycles. The van der Waals surface area contributed by atoms with Gasteiger partial charge in [0.25, 0.3) is 0 Å². The summed E-state index contributed by atoms with van der Waals surface area (Å²) in [5.74, 6) is -0.191. The van der Waals surface area contributed by atoms with Gasteiger partial charge in [-0.25, -0.2) is 9.59 Å². The van der Waals surface area contributed by atoms with E-state index in [0.29, 0.717) is 37.4 Å². The number of nitrogens with one attached hydrogen (secondary N) is 1. The van der Waals surface area contributed by atoms with Gasteiger partial charge in [-0.3, -0.25) is 9.69 Å². The maximum Gasteiger partial charge on any atom is 0.411 e. The van der Waals surface area contributed by atoms with Crippen LogP contribution in [-0.4, -0.2) is 48.4 Å². The van der Waals surface area contributed by atoms with E-state index in [1.165, 1.54) is 4.90 Å². The minimum atomic E-state index is -1.07. The second-order valence-corrected chi connectivity index (χ2v) is 9.19. The van der Waals surface area contributed by atoms with Gasteiger partial charge in [0.1, 0.15) is 5.60 Å². The lowest BCUT2D eigenvalue weighted by Crippen LogP contribution is -2.33. The van der Waals surface area contributed by atoms with Gasteiger partial charge in [0, 0.05) is 37.4 Å². The van der Waals surface area contributed by atoms with Crippen LogP contribution >= 0.6 is 0 Å². The quantitative estimate of drug-likeness (QED) is 0.281. The van der Waals surface area contributed by atoms with Crippen LogP contribution < -0.4 is 10.2 Å². The molecule has 8 nitrogen and oxygen atoms in total. The predicted octanol–water partition coefficient (Wildman–Crippen LogP) is 5.66. The Morgan fingerprint density at radius 3 is 2.40 bits per heavy atom. The van der Waals surface area contributed by atoms with Gasteiger partial charge in [-0.15, -0.1) is 0 Å². The molecule has 2 aromatic carbocycles. The van der Waals surface area contributed by atoms with Crippen molar-refractivity contribution in [2.45, 2.75) is 58.7 Å². The number of hydrogen-bond donors (Lipinski definition) is 2. The van der Waals surface area contributed by atoms with Crippen molar-refractivity contribution in [3.05, 3.63) is 65.7 Å². The van der Waals surface area contributed by atoms with Gasteiger partial charge >= 0.3 is 12.2 Å². The van der Waals surface area contributed by atoms with E-state index in [1.807, 2.05) is 30.3 Å². The highest BCUT2D eigenvalue weighted by Gasteiger charge is 2.18. The second-order valence-electron chi connectivity index (χ2n) is 9.19. The molecule has 0 fully saturated rings. The molecule has 35 heavy (non-hydrogen) atoms. The molecule has 0 unspecified atom stereocenters. The number of ether oxygens (including phenoxy) is 2. The SMILES string of the molecule is CC(C)(C)OC(=O)NCCC(=O)c1cccc(N(CCCCCOCc2ccccc2)C(=O)O)c1. The highest BCUT2D eigenvalue weighted by Crippen LogP contribution is 2.19. The Morgan fingerprint density at radius 1 is 0.971 bits per heavy atom. The topological polar surface area (TPSA) is 105 Å². The fourth-order valence-electron chi connectivity index (χ4n) is 3.33. The van der Waals surface area contributed by atoms with Gasteiger partial charge < -0.3 is 19.9 Å². The molecule has 0 heterocycles. The number of ketones is 1. The number of carboxylic acid groups (broad SMARTS) is 1. The Bertz CT molecular complexity index is 956. The van der Waals surface area contributed by atoms with Gasteiger partial charge in [0.2, 0.25) is 0 Å². The summed E-state index contributed by atoms with van der Waals surface area (Å²) in [5.41, 5.74) is 1.36. The summed E-state index contributed by atoms with van der Waals surface area (Å²) in [6.45, 7) is 6.92. The number of Topliss-reactive ketones (excluding diaryl/α,β-unsaturated/α-hetero) is 1. The molecule has 0 aliphatic rings. The molecule has 0 atom stereocenters. The molecule has 8 heteroatoms. The molecule has 0 spiro atoms. The summed E-state index contributed by atoms with van der Waals surface area (Å²) in [7, 11) is 0. The Labute approximate surface area is 207 Å². The van der Waals surface area contributed by atoms with Crippen molar-refractivity contribution < 1.29 is 29.0 Å². The van der Waals surface area contributed by atoms with Gasteiger partial charge in [-0.2, -0.15) is 0 Å². The molecule has 0 radical (unpaired) electrons. The van der Waals surface area contributed by atoms with Gasteiger partial charge in [0.15, 0.2) is 5.78 Å². The highest BCUT2D eigenvalue weighted by atomic mass is 16.6. The largest absolute Gasteiger partial charge is 0.465 e. The Kier molecular flexibility index (Phi) is 11.2. The number of alkyl carbamates (subject to hydrolysis) is 1. The van der Waals surface area contributed by atoms with Gasteiger partial charge in [-0.05, 0) is 57.7 Å². The number of anilines is 1. The predicted molar refractivity (Wildman–Crippen MR) is 135 cm³/mol. The van der Waals surface area contributed by atoms with Crippen LogP contribution in [0.4, 0.5) is 15.3 Å². The second kappa shape index (κ2) is 14.1. The third-order valence-electron chi connectivity index (χ3n) is 5.01. The molecular weight excluding hydrogens is 448 g/mol. The molecule has 0 bridgehead atoms. The smallest absolute Gasteiger partial charge is 0.411 e. The van der Waals surface area contributed by atoms with Crippen molar-refractivity contribution in [2.75, 3.05) is 24.6 Å². The molecular formula is C27H36N2O6. The lowest BCUT2D eigenvalue weighted by atomic mass is 10.1. The number of carbonyl (C=O) groups excluding carboxylic acids is 2. The number of unbranched alkanes of at least 4 members (excludes halogenated alkanes) is 2. The van der Waals surface area contributed by atoms with Crippen molar-refractivity contribution in [3.8, 4) is 0 Å². The average molecular weight is 485 g/mol. The van der Waals surface area contributed by atoms with E-state index >= 15 is 0 Å². The van der Waals surface area contributed by atoms with E-state index in [-0.39, 0.29) is 18.7 Å². The molecule has 0 aromatic heterocycles. The van der Waals surface area contributed by atoms with Crippen molar-refractivity contribution in [2.24, 2.45) is 0 Å². The normalized spacial score (nSPS) is 11.1. The zero-order valence-electron chi connectivity index (χ0n) is 20.8. The fraction of sp³-hybridized carbons (Fsp3) is 0.444. The van der Waals surface area contributed by atoms with Gasteiger partial charge in [0.05, 0.1) is 6.61 Å². The summed E-state index contributed by atoms with van der Waals surface area (Å²) in [5, 5.41) is 12.2. The first kappa shape index (κ1) is 27.9. The molecule has 0 saturated heterocycles. The Morgan fingerprint density at radius 2 is 1.71 bits per heavy atom. The summed E-state index contributed by atoms with van der Waals surface area (Å²) in [6, 6.07) is 16.5. The molecule has 2 aromatic rings. The Balaban J connectivity index is 1.77. The first-order valence-electron chi connectivity index (χ1n) is 11.9. The minimum Gasteiger partial charge on any atom is -0.465 e. The summed E-state index contributed by atoms with van der Waals surface area (Å²) < 4.78 is 10.8. The zero-order valence-corrected chi connectivity index (χ0v) is 20.8. The van der Waals surface area contributed by atoms with Crippen LogP contribution in [0.1, 0.15) is 62.4 Å². The summed E-state index contributed by atoms with van der Waals surface area (Å²) >= 11 is 0. The van der Waals surface area contributed by atoms with E-state index in [0.717, 1.165) is 18.4 Å². The Hall–Kier alpha value is -3.39. The van der Waals surface area contributed by atoms with Gasteiger partial charge in [-0.1, -0.05) is 42.5 Å². The molecule has 190 valence electrons. The molecule has 0 aliphatic heterocycles. The summed E-state index contributed by atoms with van der Waals surface area (Å²) in [6.07, 6.45) is 0.775. The minimum absolute atomic E-state index is 0.0821.